The molecule has 0 saturated carbocycles. The van der Waals surface area contributed by atoms with Crippen molar-refractivity contribution in [2.45, 2.75) is 25.6 Å². The maximum atomic E-state index is 13.3. The van der Waals surface area contributed by atoms with Gasteiger partial charge in [-0.15, -0.1) is 0 Å². The number of rotatable bonds is 5. The zero-order valence-electron chi connectivity index (χ0n) is 17.6. The summed E-state index contributed by atoms with van der Waals surface area (Å²) in [6.07, 6.45) is 2.17. The largest absolute Gasteiger partial charge is 0.497 e. The molecule has 1 atom stereocenters. The summed E-state index contributed by atoms with van der Waals surface area (Å²) < 4.78 is 6.93. The molecule has 5 heteroatoms. The van der Waals surface area contributed by atoms with E-state index in [1.807, 2.05) is 66.7 Å². The third kappa shape index (κ3) is 3.73. The summed E-state index contributed by atoms with van der Waals surface area (Å²) in [5.41, 5.74) is 3.06. The van der Waals surface area contributed by atoms with Crippen LogP contribution in [0.2, 0.25) is 0 Å². The van der Waals surface area contributed by atoms with Crippen molar-refractivity contribution < 1.29 is 4.74 Å². The summed E-state index contributed by atoms with van der Waals surface area (Å²) >= 11 is 0. The normalized spacial score (nSPS) is 16.6. The summed E-state index contributed by atoms with van der Waals surface area (Å²) in [7, 11) is 1.68. The Balaban J connectivity index is 1.54. The van der Waals surface area contributed by atoms with Crippen LogP contribution in [0.15, 0.2) is 83.7 Å². The average molecular weight is 412 g/mol. The van der Waals surface area contributed by atoms with E-state index in [2.05, 4.69) is 17.0 Å². The van der Waals surface area contributed by atoms with Crippen LogP contribution in [-0.4, -0.2) is 28.3 Å². The van der Waals surface area contributed by atoms with Crippen molar-refractivity contribution in [3.63, 3.8) is 0 Å². The molecule has 5 rings (SSSR count). The number of methoxy groups -OCH3 is 1. The van der Waals surface area contributed by atoms with Crippen molar-refractivity contribution in [1.29, 1.82) is 0 Å². The molecule has 0 amide bonds. The van der Waals surface area contributed by atoms with Crippen molar-refractivity contribution in [2.75, 3.05) is 13.7 Å². The quantitative estimate of drug-likeness (QED) is 0.470. The summed E-state index contributed by atoms with van der Waals surface area (Å²) in [5.74, 6) is 0.855. The summed E-state index contributed by atoms with van der Waals surface area (Å²) in [4.78, 5) is 15.6. The molecule has 0 radical (unpaired) electrons. The van der Waals surface area contributed by atoms with Crippen LogP contribution in [-0.2, 0) is 6.67 Å². The summed E-state index contributed by atoms with van der Waals surface area (Å²) in [6, 6.07) is 26.3. The number of nitrogens with zero attached hydrogens (tertiary/aromatic N) is 3. The van der Waals surface area contributed by atoms with Gasteiger partial charge in [-0.25, -0.2) is 4.68 Å². The lowest BCUT2D eigenvalue weighted by molar-refractivity contribution is 0.188. The Morgan fingerprint density at radius 3 is 2.39 bits per heavy atom. The van der Waals surface area contributed by atoms with E-state index in [-0.39, 0.29) is 11.6 Å². The molecule has 5 nitrogen and oxygen atoms in total. The molecule has 156 valence electrons. The van der Waals surface area contributed by atoms with Crippen LogP contribution in [0.3, 0.4) is 0 Å². The smallest absolute Gasteiger partial charge is 0.275 e. The van der Waals surface area contributed by atoms with Gasteiger partial charge in [-0.3, -0.25) is 9.69 Å². The van der Waals surface area contributed by atoms with Crippen molar-refractivity contribution in [3.8, 4) is 17.0 Å². The second-order valence-corrected chi connectivity index (χ2v) is 7.95. The lowest BCUT2D eigenvalue weighted by Gasteiger charge is -2.25. The maximum Gasteiger partial charge on any atom is 0.275 e. The minimum atomic E-state index is -0.0457. The SMILES string of the molecule is COc1ccc([C@H]2CCCN2Cn2nc(-c3ccccc3)c3ccccc3c2=O)cc1. The molecule has 0 unspecified atom stereocenters. The highest BCUT2D eigenvalue weighted by Gasteiger charge is 2.27. The van der Waals surface area contributed by atoms with Gasteiger partial charge in [0.25, 0.3) is 5.56 Å². The highest BCUT2D eigenvalue weighted by Crippen LogP contribution is 2.33. The van der Waals surface area contributed by atoms with Gasteiger partial charge in [-0.1, -0.05) is 60.7 Å². The maximum absolute atomic E-state index is 13.3. The van der Waals surface area contributed by atoms with Crippen molar-refractivity contribution in [1.82, 2.24) is 14.7 Å². The van der Waals surface area contributed by atoms with E-state index in [4.69, 9.17) is 9.84 Å². The van der Waals surface area contributed by atoms with Crippen molar-refractivity contribution in [2.24, 2.45) is 0 Å². The molecule has 1 aromatic heterocycles. The molecule has 4 aromatic rings. The molecular weight excluding hydrogens is 386 g/mol. The number of ether oxygens (including phenoxy) is 1. The van der Waals surface area contributed by atoms with Crippen molar-refractivity contribution in [3.05, 3.63) is 94.8 Å². The van der Waals surface area contributed by atoms with Crippen LogP contribution in [0.1, 0.15) is 24.4 Å². The van der Waals surface area contributed by atoms with E-state index >= 15 is 0 Å². The Kier molecular flexibility index (Phi) is 5.26. The predicted molar refractivity (Wildman–Crippen MR) is 123 cm³/mol. The molecule has 0 N–H and O–H groups in total. The van der Waals surface area contributed by atoms with E-state index in [1.54, 1.807) is 11.8 Å². The summed E-state index contributed by atoms with van der Waals surface area (Å²) in [5, 5.41) is 6.43. The number of benzene rings is 3. The molecule has 1 fully saturated rings. The standard InChI is InChI=1S/C26H25N3O2/c1-31-21-15-13-19(14-16-21)24-12-7-17-28(24)18-29-26(30)23-11-6-5-10-22(23)25(27-29)20-8-3-2-4-9-20/h2-6,8-11,13-16,24H,7,12,17-18H2,1H3/t24-/m1/s1. The number of aromatic nitrogens is 2. The Labute approximate surface area is 181 Å². The molecule has 0 aliphatic carbocycles. The van der Waals surface area contributed by atoms with Gasteiger partial charge in [0.05, 0.1) is 24.9 Å². The lowest BCUT2D eigenvalue weighted by atomic mass is 10.0. The monoisotopic (exact) mass is 411 g/mol. The first-order valence-electron chi connectivity index (χ1n) is 10.7. The van der Waals surface area contributed by atoms with E-state index in [0.717, 1.165) is 41.8 Å². The third-order valence-electron chi connectivity index (χ3n) is 6.09. The van der Waals surface area contributed by atoms with Crippen molar-refractivity contribution >= 4 is 10.8 Å². The fraction of sp³-hybridized carbons (Fsp3) is 0.231. The second-order valence-electron chi connectivity index (χ2n) is 7.95. The highest BCUT2D eigenvalue weighted by atomic mass is 16.5. The third-order valence-corrected chi connectivity index (χ3v) is 6.09. The molecule has 31 heavy (non-hydrogen) atoms. The van der Waals surface area contributed by atoms with Gasteiger partial charge >= 0.3 is 0 Å². The van der Waals surface area contributed by atoms with Crippen LogP contribution in [0, 0.1) is 0 Å². The van der Waals surface area contributed by atoms with E-state index in [1.165, 1.54) is 5.56 Å². The van der Waals surface area contributed by atoms with Crippen LogP contribution in [0.4, 0.5) is 0 Å². The van der Waals surface area contributed by atoms with Gasteiger partial charge in [0, 0.05) is 23.5 Å². The average Bonchev–Trinajstić information content (AvgIpc) is 3.30. The van der Waals surface area contributed by atoms with Gasteiger partial charge in [0.15, 0.2) is 0 Å². The van der Waals surface area contributed by atoms with Crippen LogP contribution in [0.5, 0.6) is 5.75 Å². The number of fused-ring (bicyclic) bond motifs is 1. The molecule has 0 bridgehead atoms. The van der Waals surface area contributed by atoms with Gasteiger partial charge in [-0.05, 0) is 36.6 Å². The topological polar surface area (TPSA) is 47.4 Å². The lowest BCUT2D eigenvalue weighted by Crippen LogP contribution is -2.34. The fourth-order valence-electron chi connectivity index (χ4n) is 4.51. The highest BCUT2D eigenvalue weighted by molar-refractivity contribution is 5.93. The number of likely N-dealkylation sites (tertiary alicyclic amines) is 1. The van der Waals surface area contributed by atoms with Gasteiger partial charge in [0.1, 0.15) is 5.75 Å². The Hall–Kier alpha value is -3.44. The minimum absolute atomic E-state index is 0.0457. The Morgan fingerprint density at radius 2 is 1.65 bits per heavy atom. The number of hydrogen-bond donors (Lipinski definition) is 0. The molecule has 2 heterocycles. The zero-order valence-corrected chi connectivity index (χ0v) is 17.6. The molecule has 1 aliphatic rings. The van der Waals surface area contributed by atoms with Gasteiger partial charge in [0.2, 0.25) is 0 Å². The first kappa shape index (κ1) is 19.5. The molecule has 3 aromatic carbocycles. The Bertz CT molecular complexity index is 1250. The van der Waals surface area contributed by atoms with E-state index in [0.29, 0.717) is 12.1 Å². The number of hydrogen-bond acceptors (Lipinski definition) is 4. The molecular formula is C26H25N3O2. The van der Waals surface area contributed by atoms with Gasteiger partial charge < -0.3 is 4.74 Å². The zero-order chi connectivity index (χ0) is 21.2. The van der Waals surface area contributed by atoms with Gasteiger partial charge in [-0.2, -0.15) is 5.10 Å². The minimum Gasteiger partial charge on any atom is -0.497 e. The summed E-state index contributed by atoms with van der Waals surface area (Å²) in [6.45, 7) is 1.42. The Morgan fingerprint density at radius 1 is 0.935 bits per heavy atom. The van der Waals surface area contributed by atoms with E-state index in [9.17, 15) is 4.79 Å². The van der Waals surface area contributed by atoms with E-state index < -0.39 is 0 Å². The van der Waals surface area contributed by atoms with Crippen LogP contribution >= 0.6 is 0 Å². The first-order chi connectivity index (χ1) is 15.2. The molecule has 1 aliphatic heterocycles. The molecule has 0 spiro atoms. The first-order valence-corrected chi connectivity index (χ1v) is 10.7. The second kappa shape index (κ2) is 8.36. The predicted octanol–water partition coefficient (Wildman–Crippen LogP) is 4.87. The van der Waals surface area contributed by atoms with Crippen LogP contribution < -0.4 is 10.3 Å². The molecule has 1 saturated heterocycles. The fourth-order valence-corrected chi connectivity index (χ4v) is 4.51. The van der Waals surface area contributed by atoms with Crippen LogP contribution in [0.25, 0.3) is 22.0 Å².